The minimum Gasteiger partial charge on any atom is -0.485 e. The van der Waals surface area contributed by atoms with Gasteiger partial charge in [-0.15, -0.1) is 0 Å². The molecule has 0 fully saturated rings. The van der Waals surface area contributed by atoms with Crippen LogP contribution in [0.1, 0.15) is 52.3 Å². The van der Waals surface area contributed by atoms with Gasteiger partial charge >= 0.3 is 0 Å². The van der Waals surface area contributed by atoms with Crippen molar-refractivity contribution in [1.29, 1.82) is 0 Å². The number of aromatic nitrogens is 3. The number of carbonyl (C=O) groups excluding carboxylic acids is 1. The molecule has 1 aliphatic rings. The fraction of sp³-hybridized carbons (Fsp3) is 0.565. The largest absolute Gasteiger partial charge is 0.485 e. The average molecular weight is 428 g/mol. The highest BCUT2D eigenvalue weighted by molar-refractivity contribution is 5.82. The molecule has 2 aromatic rings. The summed E-state index contributed by atoms with van der Waals surface area (Å²) in [5.41, 5.74) is 1.71. The highest BCUT2D eigenvalue weighted by Crippen LogP contribution is 2.31. The Morgan fingerprint density at radius 3 is 2.65 bits per heavy atom. The van der Waals surface area contributed by atoms with Crippen molar-refractivity contribution in [3.05, 3.63) is 29.6 Å². The van der Waals surface area contributed by atoms with E-state index in [2.05, 4.69) is 10.3 Å². The van der Waals surface area contributed by atoms with E-state index in [1.165, 1.54) is 0 Å². The molecule has 3 rings (SSSR count). The van der Waals surface area contributed by atoms with Gasteiger partial charge in [0.2, 0.25) is 5.91 Å². The Kier molecular flexibility index (Phi) is 6.50. The lowest BCUT2D eigenvalue weighted by atomic mass is 10.1. The number of hydrogen-bond donors (Lipinski definition) is 2. The lowest BCUT2D eigenvalue weighted by Crippen LogP contribution is -2.45. The van der Waals surface area contributed by atoms with Gasteiger partial charge in [-0.3, -0.25) is 9.78 Å². The molecule has 1 aliphatic carbocycles. The van der Waals surface area contributed by atoms with Gasteiger partial charge in [-0.25, -0.2) is 9.97 Å². The summed E-state index contributed by atoms with van der Waals surface area (Å²) in [7, 11) is 1.88. The third-order valence-electron chi connectivity index (χ3n) is 4.90. The average Bonchev–Trinajstić information content (AvgIpc) is 3.14. The van der Waals surface area contributed by atoms with E-state index < -0.39 is 5.60 Å². The Morgan fingerprint density at radius 2 is 1.97 bits per heavy atom. The molecular weight excluding hydrogens is 394 g/mol. The van der Waals surface area contributed by atoms with Gasteiger partial charge in [0.05, 0.1) is 13.2 Å². The van der Waals surface area contributed by atoms with Crippen molar-refractivity contribution in [2.75, 3.05) is 25.1 Å². The first-order chi connectivity index (χ1) is 14.5. The van der Waals surface area contributed by atoms with Gasteiger partial charge in [-0.1, -0.05) is 0 Å². The van der Waals surface area contributed by atoms with Crippen molar-refractivity contribution < 1.29 is 14.6 Å². The van der Waals surface area contributed by atoms with E-state index in [9.17, 15) is 9.90 Å². The minimum absolute atomic E-state index is 0.0540. The van der Waals surface area contributed by atoms with Crippen LogP contribution in [0.25, 0.3) is 11.5 Å². The fourth-order valence-corrected chi connectivity index (χ4v) is 3.54. The Balaban J connectivity index is 1.91. The molecule has 1 amide bonds. The normalized spacial score (nSPS) is 13.6. The number of ether oxygens (including phenoxy) is 1. The summed E-state index contributed by atoms with van der Waals surface area (Å²) in [6, 6.07) is 3.53. The number of fused-ring (bicyclic) bond motifs is 1. The highest BCUT2D eigenvalue weighted by atomic mass is 16.5. The number of aliphatic hydroxyl groups excluding tert-OH is 1. The van der Waals surface area contributed by atoms with E-state index in [4.69, 9.17) is 14.7 Å². The number of nitrogens with zero attached hydrogens (tertiary/aromatic N) is 4. The summed E-state index contributed by atoms with van der Waals surface area (Å²) >= 11 is 0. The summed E-state index contributed by atoms with van der Waals surface area (Å²) in [6.45, 7) is 9.62. The molecule has 8 nitrogen and oxygen atoms in total. The number of anilines is 1. The SMILES string of the molecule is CN(CC(=O)NC(C)(C)C)c1nc(-c2cc(OC(C)(C)CO)ccn2)nc2c1CCC2. The summed E-state index contributed by atoms with van der Waals surface area (Å²) in [4.78, 5) is 28.3. The van der Waals surface area contributed by atoms with Crippen LogP contribution in [0.4, 0.5) is 5.82 Å². The smallest absolute Gasteiger partial charge is 0.239 e. The Bertz CT molecular complexity index is 953. The third kappa shape index (κ3) is 5.91. The van der Waals surface area contributed by atoms with Gasteiger partial charge in [0.25, 0.3) is 0 Å². The van der Waals surface area contributed by atoms with E-state index in [-0.39, 0.29) is 24.6 Å². The molecule has 0 aliphatic heterocycles. The molecule has 31 heavy (non-hydrogen) atoms. The lowest BCUT2D eigenvalue weighted by molar-refractivity contribution is -0.121. The molecule has 2 heterocycles. The van der Waals surface area contributed by atoms with E-state index in [1.54, 1.807) is 18.3 Å². The predicted octanol–water partition coefficient (Wildman–Crippen LogP) is 2.53. The first kappa shape index (κ1) is 22.9. The Morgan fingerprint density at radius 1 is 1.23 bits per heavy atom. The Hall–Kier alpha value is -2.74. The number of aryl methyl sites for hydroxylation is 1. The summed E-state index contributed by atoms with van der Waals surface area (Å²) in [5, 5.41) is 12.5. The van der Waals surface area contributed by atoms with E-state index in [0.29, 0.717) is 17.3 Å². The van der Waals surface area contributed by atoms with Crippen LogP contribution < -0.4 is 15.0 Å². The van der Waals surface area contributed by atoms with Crippen molar-refractivity contribution in [1.82, 2.24) is 20.3 Å². The molecule has 0 saturated carbocycles. The molecule has 168 valence electrons. The summed E-state index contributed by atoms with van der Waals surface area (Å²) in [5.74, 6) is 1.81. The predicted molar refractivity (Wildman–Crippen MR) is 120 cm³/mol. The van der Waals surface area contributed by atoms with Gasteiger partial charge in [-0.05, 0) is 59.9 Å². The van der Waals surface area contributed by atoms with Crippen molar-refractivity contribution >= 4 is 11.7 Å². The molecule has 0 bridgehead atoms. The molecule has 0 aromatic carbocycles. The van der Waals surface area contributed by atoms with Crippen molar-refractivity contribution in [2.24, 2.45) is 0 Å². The topological polar surface area (TPSA) is 100 Å². The van der Waals surface area contributed by atoms with Crippen LogP contribution in [0.2, 0.25) is 0 Å². The van der Waals surface area contributed by atoms with Gasteiger partial charge in [0.1, 0.15) is 22.9 Å². The zero-order chi connectivity index (χ0) is 22.8. The molecule has 8 heteroatoms. The minimum atomic E-state index is -0.705. The maximum absolute atomic E-state index is 12.5. The molecule has 0 unspecified atom stereocenters. The first-order valence-electron chi connectivity index (χ1n) is 10.7. The number of nitrogens with one attached hydrogen (secondary N) is 1. The zero-order valence-electron chi connectivity index (χ0n) is 19.3. The summed E-state index contributed by atoms with van der Waals surface area (Å²) < 4.78 is 5.87. The molecular formula is C23H33N5O3. The molecule has 2 aromatic heterocycles. The first-order valence-corrected chi connectivity index (χ1v) is 10.7. The lowest BCUT2D eigenvalue weighted by Gasteiger charge is -2.25. The molecule has 0 saturated heterocycles. The van der Waals surface area contributed by atoms with Crippen LogP contribution in [-0.2, 0) is 17.6 Å². The summed E-state index contributed by atoms with van der Waals surface area (Å²) in [6.07, 6.45) is 4.45. The van der Waals surface area contributed by atoms with E-state index in [0.717, 1.165) is 36.3 Å². The second kappa shape index (κ2) is 8.78. The van der Waals surface area contributed by atoms with Crippen LogP contribution in [0.3, 0.4) is 0 Å². The maximum Gasteiger partial charge on any atom is 0.239 e. The second-order valence-corrected chi connectivity index (χ2v) is 9.70. The van der Waals surface area contributed by atoms with Crippen LogP contribution >= 0.6 is 0 Å². The molecule has 0 radical (unpaired) electrons. The van der Waals surface area contributed by atoms with Gasteiger partial charge < -0.3 is 20.1 Å². The number of rotatable bonds is 7. The van der Waals surface area contributed by atoms with Crippen LogP contribution in [-0.4, -0.2) is 57.3 Å². The van der Waals surface area contributed by atoms with Gasteiger partial charge in [0.15, 0.2) is 5.82 Å². The number of likely N-dealkylation sites (N-methyl/N-ethyl adjacent to an activating group) is 1. The molecule has 2 N–H and O–H groups in total. The quantitative estimate of drug-likeness (QED) is 0.700. The Labute approximate surface area is 184 Å². The van der Waals surface area contributed by atoms with Crippen molar-refractivity contribution in [3.63, 3.8) is 0 Å². The van der Waals surface area contributed by atoms with Crippen LogP contribution in [0.5, 0.6) is 5.75 Å². The number of amides is 1. The molecule has 0 atom stereocenters. The number of pyridine rings is 1. The van der Waals surface area contributed by atoms with Gasteiger partial charge in [-0.2, -0.15) is 0 Å². The third-order valence-corrected chi connectivity index (χ3v) is 4.90. The van der Waals surface area contributed by atoms with E-state index in [1.807, 2.05) is 46.6 Å². The highest BCUT2D eigenvalue weighted by Gasteiger charge is 2.25. The van der Waals surface area contributed by atoms with Crippen molar-refractivity contribution in [2.45, 2.75) is 65.0 Å². The van der Waals surface area contributed by atoms with Crippen LogP contribution in [0, 0.1) is 0 Å². The zero-order valence-corrected chi connectivity index (χ0v) is 19.3. The van der Waals surface area contributed by atoms with Crippen molar-refractivity contribution in [3.8, 4) is 17.3 Å². The van der Waals surface area contributed by atoms with Gasteiger partial charge in [0, 0.05) is 36.1 Å². The van der Waals surface area contributed by atoms with E-state index >= 15 is 0 Å². The monoisotopic (exact) mass is 427 g/mol. The number of hydrogen-bond acceptors (Lipinski definition) is 7. The number of aliphatic hydroxyl groups is 1. The second-order valence-electron chi connectivity index (χ2n) is 9.70. The number of carbonyl (C=O) groups is 1. The standard InChI is InChI=1S/C23H33N5O3/c1-22(2,3)27-19(30)13-28(6)21-16-8-7-9-17(16)25-20(26-21)18-12-15(10-11-24-18)31-23(4,5)14-29/h10-12,29H,7-9,13-14H2,1-6H3,(H,27,30). The fourth-order valence-electron chi connectivity index (χ4n) is 3.54. The maximum atomic E-state index is 12.5. The molecule has 0 spiro atoms. The van der Waals surface area contributed by atoms with Crippen LogP contribution in [0.15, 0.2) is 18.3 Å².